The molecule has 0 fully saturated rings. The molecule has 0 amide bonds. The molecule has 24 heavy (non-hydrogen) atoms. The summed E-state index contributed by atoms with van der Waals surface area (Å²) < 4.78 is 39.0. The maximum absolute atomic E-state index is 13.1. The Balaban J connectivity index is 1.75. The fourth-order valence-corrected chi connectivity index (χ4v) is 4.83. The lowest BCUT2D eigenvalue weighted by molar-refractivity contribution is 0.297. The van der Waals surface area contributed by atoms with E-state index in [9.17, 15) is 8.42 Å². The van der Waals surface area contributed by atoms with Crippen molar-refractivity contribution in [1.82, 2.24) is 0 Å². The molecule has 0 saturated heterocycles. The van der Waals surface area contributed by atoms with Gasteiger partial charge in [0, 0.05) is 24.9 Å². The molecule has 0 saturated carbocycles. The smallest absolute Gasteiger partial charge is 0.264 e. The van der Waals surface area contributed by atoms with Crippen LogP contribution in [0.2, 0.25) is 0 Å². The summed E-state index contributed by atoms with van der Waals surface area (Å²) in [7, 11) is -3.63. The van der Waals surface area contributed by atoms with Gasteiger partial charge in [0.05, 0.1) is 23.8 Å². The van der Waals surface area contributed by atoms with Crippen molar-refractivity contribution in [3.63, 3.8) is 0 Å². The number of nitrogens with zero attached hydrogens (tertiary/aromatic N) is 1. The van der Waals surface area contributed by atoms with Gasteiger partial charge in [-0.2, -0.15) is 0 Å². The average molecular weight is 345 g/mol. The summed E-state index contributed by atoms with van der Waals surface area (Å²) in [6.45, 7) is 3.61. The Labute approximate surface area is 141 Å². The predicted octanol–water partition coefficient (Wildman–Crippen LogP) is 3.16. The first-order valence-corrected chi connectivity index (χ1v) is 9.53. The molecule has 5 nitrogen and oxygen atoms in total. The number of hydrogen-bond donors (Lipinski definition) is 0. The molecule has 0 unspecified atom stereocenters. The van der Waals surface area contributed by atoms with Gasteiger partial charge in [-0.1, -0.05) is 25.1 Å². The lowest BCUT2D eigenvalue weighted by atomic mass is 10.0. The molecule has 2 aliphatic heterocycles. The van der Waals surface area contributed by atoms with E-state index in [0.29, 0.717) is 31.3 Å². The van der Waals surface area contributed by atoms with Crippen LogP contribution < -0.4 is 13.8 Å². The zero-order valence-corrected chi connectivity index (χ0v) is 14.3. The molecule has 0 aromatic heterocycles. The van der Waals surface area contributed by atoms with Gasteiger partial charge in [0.2, 0.25) is 0 Å². The molecule has 2 aromatic rings. The highest BCUT2D eigenvalue weighted by atomic mass is 32.2. The van der Waals surface area contributed by atoms with E-state index in [-0.39, 0.29) is 10.8 Å². The minimum absolute atomic E-state index is 0.177. The largest absolute Gasteiger partial charge is 0.490 e. The molecule has 2 aliphatic rings. The molecule has 0 N–H and O–H groups in total. The second-order valence-electron chi connectivity index (χ2n) is 6.16. The highest BCUT2D eigenvalue weighted by Gasteiger charge is 2.34. The van der Waals surface area contributed by atoms with Crippen LogP contribution in [0.4, 0.5) is 5.69 Å². The lowest BCUT2D eigenvalue weighted by Crippen LogP contribution is -2.29. The molecular formula is C18H19NO4S. The van der Waals surface area contributed by atoms with Crippen LogP contribution in [0.25, 0.3) is 0 Å². The van der Waals surface area contributed by atoms with E-state index in [1.165, 1.54) is 4.31 Å². The van der Waals surface area contributed by atoms with Crippen LogP contribution in [0.3, 0.4) is 0 Å². The second-order valence-corrected chi connectivity index (χ2v) is 8.02. The van der Waals surface area contributed by atoms with Gasteiger partial charge >= 0.3 is 0 Å². The molecule has 0 aliphatic carbocycles. The first-order valence-electron chi connectivity index (χ1n) is 8.09. The predicted molar refractivity (Wildman–Crippen MR) is 91.4 cm³/mol. The Morgan fingerprint density at radius 2 is 1.79 bits per heavy atom. The quantitative estimate of drug-likeness (QED) is 0.839. The Kier molecular flexibility index (Phi) is 3.64. The van der Waals surface area contributed by atoms with Crippen molar-refractivity contribution in [3.05, 3.63) is 48.0 Å². The van der Waals surface area contributed by atoms with Crippen LogP contribution in [0.1, 0.15) is 24.8 Å². The standard InChI is InChI=1S/C18H19NO4S/c1-13-12-19(16-6-3-2-5-15(13)16)24(20,21)14-7-8-17-18(11-14)23-10-4-9-22-17/h2-3,5-8,11,13H,4,9-10,12H2,1H3/t13-/m1/s1. The highest BCUT2D eigenvalue weighted by molar-refractivity contribution is 7.92. The van der Waals surface area contributed by atoms with Crippen LogP contribution in [-0.2, 0) is 10.0 Å². The summed E-state index contributed by atoms with van der Waals surface area (Å²) in [4.78, 5) is 0.232. The summed E-state index contributed by atoms with van der Waals surface area (Å²) in [5, 5.41) is 0. The molecule has 2 aromatic carbocycles. The van der Waals surface area contributed by atoms with Crippen molar-refractivity contribution < 1.29 is 17.9 Å². The Hall–Kier alpha value is -2.21. The second kappa shape index (κ2) is 5.70. The van der Waals surface area contributed by atoms with Gasteiger partial charge in [0.15, 0.2) is 11.5 Å². The van der Waals surface area contributed by atoms with Gasteiger partial charge in [-0.15, -0.1) is 0 Å². The number of fused-ring (bicyclic) bond motifs is 2. The van der Waals surface area contributed by atoms with Crippen molar-refractivity contribution in [2.45, 2.75) is 24.2 Å². The molecule has 1 atom stereocenters. The number of ether oxygens (including phenoxy) is 2. The van der Waals surface area contributed by atoms with E-state index in [0.717, 1.165) is 17.7 Å². The third-order valence-corrected chi connectivity index (χ3v) is 6.26. The van der Waals surface area contributed by atoms with Crippen LogP contribution >= 0.6 is 0 Å². The number of anilines is 1. The van der Waals surface area contributed by atoms with Crippen LogP contribution in [-0.4, -0.2) is 28.2 Å². The molecule has 0 spiro atoms. The van der Waals surface area contributed by atoms with Crippen molar-refractivity contribution in [3.8, 4) is 11.5 Å². The molecule has 0 radical (unpaired) electrons. The number of benzene rings is 2. The Morgan fingerprint density at radius 1 is 1.04 bits per heavy atom. The van der Waals surface area contributed by atoms with Crippen molar-refractivity contribution in [1.29, 1.82) is 0 Å². The van der Waals surface area contributed by atoms with Gasteiger partial charge in [-0.3, -0.25) is 4.31 Å². The minimum Gasteiger partial charge on any atom is -0.490 e. The zero-order valence-electron chi connectivity index (χ0n) is 13.4. The van der Waals surface area contributed by atoms with Crippen LogP contribution in [0, 0.1) is 0 Å². The fraction of sp³-hybridized carbons (Fsp3) is 0.333. The van der Waals surface area contributed by atoms with Gasteiger partial charge in [0.25, 0.3) is 10.0 Å². The highest BCUT2D eigenvalue weighted by Crippen LogP contribution is 2.40. The topological polar surface area (TPSA) is 55.8 Å². The normalized spacial score (nSPS) is 19.7. The number of hydrogen-bond acceptors (Lipinski definition) is 4. The monoisotopic (exact) mass is 345 g/mol. The summed E-state index contributed by atoms with van der Waals surface area (Å²) in [5.74, 6) is 1.27. The maximum atomic E-state index is 13.1. The number of rotatable bonds is 2. The van der Waals surface area contributed by atoms with Crippen LogP contribution in [0.15, 0.2) is 47.4 Å². The van der Waals surface area contributed by atoms with E-state index >= 15 is 0 Å². The van der Waals surface area contributed by atoms with Crippen molar-refractivity contribution >= 4 is 15.7 Å². The van der Waals surface area contributed by atoms with E-state index < -0.39 is 10.0 Å². The molecule has 0 bridgehead atoms. The summed E-state index contributed by atoms with van der Waals surface area (Å²) in [6.07, 6.45) is 0.785. The zero-order chi connectivity index (χ0) is 16.7. The molecule has 2 heterocycles. The van der Waals surface area contributed by atoms with E-state index in [2.05, 4.69) is 0 Å². The van der Waals surface area contributed by atoms with Gasteiger partial charge in [0.1, 0.15) is 0 Å². The summed E-state index contributed by atoms with van der Waals surface area (Å²) in [6, 6.07) is 12.5. The van der Waals surface area contributed by atoms with E-state index in [1.807, 2.05) is 31.2 Å². The van der Waals surface area contributed by atoms with E-state index in [4.69, 9.17) is 9.47 Å². The molecule has 4 rings (SSSR count). The van der Waals surface area contributed by atoms with E-state index in [1.54, 1.807) is 18.2 Å². The van der Waals surface area contributed by atoms with Crippen molar-refractivity contribution in [2.24, 2.45) is 0 Å². The number of para-hydroxylation sites is 1. The minimum atomic E-state index is -3.63. The fourth-order valence-electron chi connectivity index (χ4n) is 3.24. The lowest BCUT2D eigenvalue weighted by Gasteiger charge is -2.20. The summed E-state index contributed by atoms with van der Waals surface area (Å²) in [5.41, 5.74) is 1.83. The SMILES string of the molecule is C[C@@H]1CN(S(=O)(=O)c2ccc3c(c2)OCCCO3)c2ccccc21. The van der Waals surface area contributed by atoms with Gasteiger partial charge in [-0.05, 0) is 23.8 Å². The first kappa shape index (κ1) is 15.3. The van der Waals surface area contributed by atoms with Gasteiger partial charge in [-0.25, -0.2) is 8.42 Å². The first-order chi connectivity index (χ1) is 11.6. The Bertz CT molecular complexity index is 878. The molecular weight excluding hydrogens is 326 g/mol. The summed E-state index contributed by atoms with van der Waals surface area (Å²) >= 11 is 0. The number of sulfonamides is 1. The van der Waals surface area contributed by atoms with Crippen molar-refractivity contribution in [2.75, 3.05) is 24.1 Å². The van der Waals surface area contributed by atoms with Crippen LogP contribution in [0.5, 0.6) is 11.5 Å². The average Bonchev–Trinajstić information content (AvgIpc) is 2.78. The molecule has 6 heteroatoms. The third-order valence-electron chi connectivity index (χ3n) is 4.48. The molecule has 126 valence electrons. The third kappa shape index (κ3) is 2.41. The Morgan fingerprint density at radius 3 is 2.62 bits per heavy atom. The van der Waals surface area contributed by atoms with Gasteiger partial charge < -0.3 is 9.47 Å². The maximum Gasteiger partial charge on any atom is 0.264 e.